The molecule has 102 valence electrons. The van der Waals surface area contributed by atoms with Crippen molar-refractivity contribution in [3.8, 4) is 5.75 Å². The van der Waals surface area contributed by atoms with E-state index in [-0.39, 0.29) is 13.2 Å². The van der Waals surface area contributed by atoms with E-state index in [9.17, 15) is 9.59 Å². The Kier molecular flexibility index (Phi) is 4.83. The Morgan fingerprint density at radius 1 is 1.20 bits per heavy atom. The summed E-state index contributed by atoms with van der Waals surface area (Å²) >= 11 is 0. The first-order valence-corrected chi connectivity index (χ1v) is 6.05. The molecule has 0 spiro atoms. The SMILES string of the molecule is O=Cc1cccc(OCCOC(=O)c2cccnc2)c1. The number of aldehydes is 1. The molecule has 0 aliphatic rings. The summed E-state index contributed by atoms with van der Waals surface area (Å²) in [4.78, 5) is 26.0. The first kappa shape index (κ1) is 13.7. The molecule has 1 heterocycles. The zero-order valence-electron chi connectivity index (χ0n) is 10.7. The summed E-state index contributed by atoms with van der Waals surface area (Å²) in [6, 6.07) is 10.1. The van der Waals surface area contributed by atoms with Crippen LogP contribution in [0.1, 0.15) is 20.7 Å². The fourth-order valence-electron chi connectivity index (χ4n) is 1.54. The van der Waals surface area contributed by atoms with Crippen molar-refractivity contribution >= 4 is 12.3 Å². The summed E-state index contributed by atoms with van der Waals surface area (Å²) < 4.78 is 10.4. The van der Waals surface area contributed by atoms with E-state index in [1.165, 1.54) is 6.20 Å². The van der Waals surface area contributed by atoms with Gasteiger partial charge in [0.05, 0.1) is 5.56 Å². The molecule has 0 N–H and O–H groups in total. The van der Waals surface area contributed by atoms with Gasteiger partial charge in [0.25, 0.3) is 0 Å². The van der Waals surface area contributed by atoms with E-state index in [2.05, 4.69) is 4.98 Å². The van der Waals surface area contributed by atoms with Crippen LogP contribution in [-0.4, -0.2) is 30.5 Å². The summed E-state index contributed by atoms with van der Waals surface area (Å²) in [7, 11) is 0. The number of hydrogen-bond acceptors (Lipinski definition) is 5. The number of benzene rings is 1. The number of aromatic nitrogens is 1. The number of carbonyl (C=O) groups is 2. The van der Waals surface area contributed by atoms with Crippen molar-refractivity contribution in [1.82, 2.24) is 4.98 Å². The number of ether oxygens (including phenoxy) is 2. The molecule has 5 nitrogen and oxygen atoms in total. The van der Waals surface area contributed by atoms with Crippen LogP contribution in [0.15, 0.2) is 48.8 Å². The molecule has 20 heavy (non-hydrogen) atoms. The van der Waals surface area contributed by atoms with Crippen LogP contribution < -0.4 is 4.74 Å². The van der Waals surface area contributed by atoms with Gasteiger partial charge in [0, 0.05) is 18.0 Å². The minimum atomic E-state index is -0.441. The minimum absolute atomic E-state index is 0.124. The molecular weight excluding hydrogens is 258 g/mol. The highest BCUT2D eigenvalue weighted by molar-refractivity contribution is 5.88. The van der Waals surface area contributed by atoms with Crippen LogP contribution >= 0.6 is 0 Å². The van der Waals surface area contributed by atoms with Gasteiger partial charge in [-0.2, -0.15) is 0 Å². The topological polar surface area (TPSA) is 65.5 Å². The average Bonchev–Trinajstić information content (AvgIpc) is 2.52. The molecule has 0 radical (unpaired) electrons. The number of nitrogens with zero attached hydrogens (tertiary/aromatic N) is 1. The molecule has 0 saturated carbocycles. The molecule has 0 saturated heterocycles. The largest absolute Gasteiger partial charge is 0.490 e. The number of pyridine rings is 1. The first-order valence-electron chi connectivity index (χ1n) is 6.05. The van der Waals surface area contributed by atoms with Gasteiger partial charge in [-0.25, -0.2) is 4.79 Å². The lowest BCUT2D eigenvalue weighted by atomic mass is 10.2. The third-order valence-corrected chi connectivity index (χ3v) is 2.48. The predicted octanol–water partition coefficient (Wildman–Crippen LogP) is 2.13. The van der Waals surface area contributed by atoms with Crippen LogP contribution in [0.5, 0.6) is 5.75 Å². The predicted molar refractivity (Wildman–Crippen MR) is 71.8 cm³/mol. The molecule has 0 unspecified atom stereocenters. The van der Waals surface area contributed by atoms with Gasteiger partial charge in [0.15, 0.2) is 0 Å². The lowest BCUT2D eigenvalue weighted by molar-refractivity contribution is 0.0450. The number of rotatable bonds is 6. The van der Waals surface area contributed by atoms with E-state index in [0.717, 1.165) is 6.29 Å². The van der Waals surface area contributed by atoms with Crippen molar-refractivity contribution in [2.45, 2.75) is 0 Å². The lowest BCUT2D eigenvalue weighted by Gasteiger charge is -2.07. The van der Waals surface area contributed by atoms with Crippen molar-refractivity contribution < 1.29 is 19.1 Å². The Morgan fingerprint density at radius 3 is 2.85 bits per heavy atom. The van der Waals surface area contributed by atoms with Crippen molar-refractivity contribution in [2.75, 3.05) is 13.2 Å². The maximum absolute atomic E-state index is 11.6. The molecule has 1 aromatic carbocycles. The Morgan fingerprint density at radius 2 is 2.10 bits per heavy atom. The number of esters is 1. The molecular formula is C15H13NO4. The van der Waals surface area contributed by atoms with Gasteiger partial charge < -0.3 is 9.47 Å². The third-order valence-electron chi connectivity index (χ3n) is 2.48. The van der Waals surface area contributed by atoms with Gasteiger partial charge in [-0.15, -0.1) is 0 Å². The Hall–Kier alpha value is -2.69. The second-order valence-corrected chi connectivity index (χ2v) is 3.92. The first-order chi connectivity index (χ1) is 9.79. The van der Waals surface area contributed by atoms with Crippen molar-refractivity contribution in [3.63, 3.8) is 0 Å². The molecule has 0 bridgehead atoms. The number of carbonyl (C=O) groups excluding carboxylic acids is 2. The third kappa shape index (κ3) is 3.91. The van der Waals surface area contributed by atoms with Gasteiger partial charge in [-0.3, -0.25) is 9.78 Å². The minimum Gasteiger partial charge on any atom is -0.490 e. The molecule has 0 aliphatic heterocycles. The van der Waals surface area contributed by atoms with Crippen LogP contribution in [0, 0.1) is 0 Å². The van der Waals surface area contributed by atoms with E-state index in [0.29, 0.717) is 16.9 Å². The summed E-state index contributed by atoms with van der Waals surface area (Å²) in [6.45, 7) is 0.341. The van der Waals surface area contributed by atoms with Gasteiger partial charge in [-0.05, 0) is 24.3 Å². The van der Waals surface area contributed by atoms with Crippen molar-refractivity contribution in [3.05, 3.63) is 59.9 Å². The van der Waals surface area contributed by atoms with Crippen LogP contribution in [0.4, 0.5) is 0 Å². The van der Waals surface area contributed by atoms with Gasteiger partial charge in [0.1, 0.15) is 25.2 Å². The maximum atomic E-state index is 11.6. The quantitative estimate of drug-likeness (QED) is 0.457. The molecule has 0 atom stereocenters. The molecule has 0 aliphatic carbocycles. The van der Waals surface area contributed by atoms with Gasteiger partial charge >= 0.3 is 5.97 Å². The number of hydrogen-bond donors (Lipinski definition) is 0. The molecule has 2 aromatic rings. The van der Waals surface area contributed by atoms with Crippen LogP contribution in [0.3, 0.4) is 0 Å². The Balaban J connectivity index is 1.76. The zero-order valence-corrected chi connectivity index (χ0v) is 10.7. The van der Waals surface area contributed by atoms with E-state index in [1.54, 1.807) is 42.6 Å². The second-order valence-electron chi connectivity index (χ2n) is 3.92. The maximum Gasteiger partial charge on any atom is 0.339 e. The highest BCUT2D eigenvalue weighted by Crippen LogP contribution is 2.11. The summed E-state index contributed by atoms with van der Waals surface area (Å²) in [6.07, 6.45) is 3.77. The van der Waals surface area contributed by atoms with E-state index >= 15 is 0 Å². The highest BCUT2D eigenvalue weighted by atomic mass is 16.6. The monoisotopic (exact) mass is 271 g/mol. The molecule has 1 aromatic heterocycles. The lowest BCUT2D eigenvalue weighted by Crippen LogP contribution is -2.12. The van der Waals surface area contributed by atoms with Crippen LogP contribution in [0.2, 0.25) is 0 Å². The standard InChI is InChI=1S/C15H13NO4/c17-11-12-3-1-5-14(9-12)19-7-8-20-15(18)13-4-2-6-16-10-13/h1-6,9-11H,7-8H2. The molecule has 5 heteroatoms. The fraction of sp³-hybridized carbons (Fsp3) is 0.133. The van der Waals surface area contributed by atoms with E-state index < -0.39 is 5.97 Å². The molecule has 2 rings (SSSR count). The molecule has 0 amide bonds. The molecule has 0 fully saturated rings. The van der Waals surface area contributed by atoms with Gasteiger partial charge in [0.2, 0.25) is 0 Å². The Bertz CT molecular complexity index is 583. The smallest absolute Gasteiger partial charge is 0.339 e. The highest BCUT2D eigenvalue weighted by Gasteiger charge is 2.06. The van der Waals surface area contributed by atoms with E-state index in [1.807, 2.05) is 0 Å². The van der Waals surface area contributed by atoms with E-state index in [4.69, 9.17) is 9.47 Å². The van der Waals surface area contributed by atoms with Crippen LogP contribution in [-0.2, 0) is 4.74 Å². The normalized spacial score (nSPS) is 9.80. The van der Waals surface area contributed by atoms with Crippen LogP contribution in [0.25, 0.3) is 0 Å². The Labute approximate surface area is 116 Å². The second kappa shape index (κ2) is 7.04. The summed E-state index contributed by atoms with van der Waals surface area (Å²) in [5.41, 5.74) is 0.935. The van der Waals surface area contributed by atoms with Crippen molar-refractivity contribution in [1.29, 1.82) is 0 Å². The van der Waals surface area contributed by atoms with Gasteiger partial charge in [-0.1, -0.05) is 12.1 Å². The zero-order chi connectivity index (χ0) is 14.2. The fourth-order valence-corrected chi connectivity index (χ4v) is 1.54. The summed E-state index contributed by atoms with van der Waals surface area (Å²) in [5.74, 6) is 0.121. The summed E-state index contributed by atoms with van der Waals surface area (Å²) in [5, 5.41) is 0. The van der Waals surface area contributed by atoms with Crippen molar-refractivity contribution in [2.24, 2.45) is 0 Å². The average molecular weight is 271 g/mol.